The number of methoxy groups -OCH3 is 1. The summed E-state index contributed by atoms with van der Waals surface area (Å²) in [6.45, 7) is 1.72. The quantitative estimate of drug-likeness (QED) is 0.720. The maximum atomic E-state index is 11.9. The number of rotatable bonds is 7. The van der Waals surface area contributed by atoms with E-state index in [9.17, 15) is 4.79 Å². The van der Waals surface area contributed by atoms with Crippen molar-refractivity contribution in [2.24, 2.45) is 0 Å². The van der Waals surface area contributed by atoms with Crippen molar-refractivity contribution in [1.82, 2.24) is 0 Å². The molecule has 0 aliphatic heterocycles. The molecule has 0 aromatic heterocycles. The van der Waals surface area contributed by atoms with Crippen molar-refractivity contribution in [3.05, 3.63) is 65.2 Å². The first-order valence-electron chi connectivity index (χ1n) is 7.75. The molecule has 0 heterocycles. The molecule has 25 heavy (non-hydrogen) atoms. The Morgan fingerprint density at radius 3 is 2.72 bits per heavy atom. The highest BCUT2D eigenvalue weighted by molar-refractivity contribution is 5.71. The Bertz CT molecular complexity index is 806. The fourth-order valence-corrected chi connectivity index (χ4v) is 2.19. The summed E-state index contributed by atoms with van der Waals surface area (Å²) >= 11 is 0. The van der Waals surface area contributed by atoms with Crippen LogP contribution in [0.1, 0.15) is 23.6 Å². The standard InChI is InChI=1S/C20H19NO4/c1-3-6-15-9-10-18(19(11-15)23-2)24-14-20(22)25-13-17-8-5-4-7-16(17)12-21/h3-11H,13-14H2,1-2H3/b6-3-. The molecule has 2 aromatic carbocycles. The average Bonchev–Trinajstić information content (AvgIpc) is 2.65. The van der Waals surface area contributed by atoms with Gasteiger partial charge < -0.3 is 14.2 Å². The monoisotopic (exact) mass is 337 g/mol. The van der Waals surface area contributed by atoms with Gasteiger partial charge in [0.1, 0.15) is 6.61 Å². The van der Waals surface area contributed by atoms with E-state index in [2.05, 4.69) is 6.07 Å². The van der Waals surface area contributed by atoms with Gasteiger partial charge in [0.15, 0.2) is 18.1 Å². The van der Waals surface area contributed by atoms with Crippen LogP contribution in [0.5, 0.6) is 11.5 Å². The van der Waals surface area contributed by atoms with Crippen molar-refractivity contribution in [3.63, 3.8) is 0 Å². The highest BCUT2D eigenvalue weighted by Crippen LogP contribution is 2.28. The van der Waals surface area contributed by atoms with Crippen molar-refractivity contribution in [1.29, 1.82) is 5.26 Å². The molecule has 0 spiro atoms. The zero-order chi connectivity index (χ0) is 18.1. The Hall–Kier alpha value is -3.26. The molecule has 0 unspecified atom stereocenters. The second kappa shape index (κ2) is 9.14. The SMILES string of the molecule is C/C=C\c1ccc(OCC(=O)OCc2ccccc2C#N)c(OC)c1. The average molecular weight is 337 g/mol. The molecule has 0 fully saturated rings. The second-order valence-electron chi connectivity index (χ2n) is 5.13. The molecule has 0 saturated heterocycles. The number of nitriles is 1. The van der Waals surface area contributed by atoms with Crippen molar-refractivity contribution >= 4 is 12.0 Å². The Morgan fingerprint density at radius 1 is 1.20 bits per heavy atom. The van der Waals surface area contributed by atoms with E-state index in [4.69, 9.17) is 19.5 Å². The zero-order valence-electron chi connectivity index (χ0n) is 14.2. The van der Waals surface area contributed by atoms with E-state index in [1.807, 2.05) is 31.2 Å². The van der Waals surface area contributed by atoms with Gasteiger partial charge in [-0.25, -0.2) is 4.79 Å². The number of benzene rings is 2. The predicted octanol–water partition coefficient (Wildman–Crippen LogP) is 3.72. The van der Waals surface area contributed by atoms with E-state index in [0.717, 1.165) is 5.56 Å². The van der Waals surface area contributed by atoms with Crippen LogP contribution in [0.3, 0.4) is 0 Å². The summed E-state index contributed by atoms with van der Waals surface area (Å²) in [6.07, 6.45) is 3.86. The number of esters is 1. The summed E-state index contributed by atoms with van der Waals surface area (Å²) in [5, 5.41) is 9.02. The number of nitrogens with zero attached hydrogens (tertiary/aromatic N) is 1. The fraction of sp³-hybridized carbons (Fsp3) is 0.200. The minimum atomic E-state index is -0.521. The van der Waals surface area contributed by atoms with Gasteiger partial charge >= 0.3 is 5.97 Å². The lowest BCUT2D eigenvalue weighted by molar-refractivity contribution is -0.147. The molecule has 2 aromatic rings. The Kier molecular flexibility index (Phi) is 6.61. The lowest BCUT2D eigenvalue weighted by Crippen LogP contribution is -2.15. The number of hydrogen-bond acceptors (Lipinski definition) is 5. The van der Waals surface area contributed by atoms with Crippen molar-refractivity contribution in [2.75, 3.05) is 13.7 Å². The zero-order valence-corrected chi connectivity index (χ0v) is 14.2. The second-order valence-corrected chi connectivity index (χ2v) is 5.13. The molecule has 0 N–H and O–H groups in total. The molecule has 0 saturated carbocycles. The highest BCUT2D eigenvalue weighted by Gasteiger charge is 2.10. The largest absolute Gasteiger partial charge is 0.493 e. The number of ether oxygens (including phenoxy) is 3. The van der Waals surface area contributed by atoms with Crippen LogP contribution < -0.4 is 9.47 Å². The molecule has 0 atom stereocenters. The highest BCUT2D eigenvalue weighted by atomic mass is 16.6. The van der Waals surface area contributed by atoms with Gasteiger partial charge in [0.2, 0.25) is 0 Å². The van der Waals surface area contributed by atoms with Crippen LogP contribution in [0.2, 0.25) is 0 Å². The van der Waals surface area contributed by atoms with E-state index in [-0.39, 0.29) is 13.2 Å². The van der Waals surface area contributed by atoms with Crippen LogP contribution in [0.4, 0.5) is 0 Å². The number of carbonyl (C=O) groups excluding carboxylic acids is 1. The number of allylic oxidation sites excluding steroid dienone is 1. The van der Waals surface area contributed by atoms with Gasteiger partial charge in [-0.05, 0) is 30.7 Å². The number of carbonyl (C=O) groups is 1. The third kappa shape index (κ3) is 5.11. The molecule has 0 bridgehead atoms. The van der Waals surface area contributed by atoms with Crippen LogP contribution in [-0.2, 0) is 16.1 Å². The molecular formula is C20H19NO4. The molecule has 0 radical (unpaired) electrons. The topological polar surface area (TPSA) is 68.5 Å². The Labute approximate surface area is 147 Å². The summed E-state index contributed by atoms with van der Waals surface area (Å²) in [7, 11) is 1.54. The van der Waals surface area contributed by atoms with Gasteiger partial charge in [-0.1, -0.05) is 36.4 Å². The van der Waals surface area contributed by atoms with Crippen LogP contribution in [0.25, 0.3) is 6.08 Å². The first kappa shape index (κ1) is 18.1. The molecule has 2 rings (SSSR count). The predicted molar refractivity (Wildman–Crippen MR) is 94.2 cm³/mol. The molecule has 0 aliphatic carbocycles. The van der Waals surface area contributed by atoms with Crippen LogP contribution in [-0.4, -0.2) is 19.7 Å². The molecule has 0 amide bonds. The Morgan fingerprint density at radius 2 is 2.00 bits per heavy atom. The first-order valence-corrected chi connectivity index (χ1v) is 7.75. The normalized spacial score (nSPS) is 10.3. The van der Waals surface area contributed by atoms with E-state index >= 15 is 0 Å². The third-order valence-electron chi connectivity index (χ3n) is 3.42. The molecule has 5 heteroatoms. The molecule has 128 valence electrons. The summed E-state index contributed by atoms with van der Waals surface area (Å²) in [5.41, 5.74) is 2.12. The van der Waals surface area contributed by atoms with Crippen LogP contribution >= 0.6 is 0 Å². The van der Waals surface area contributed by atoms with Gasteiger partial charge in [-0.3, -0.25) is 0 Å². The van der Waals surface area contributed by atoms with E-state index in [1.54, 1.807) is 37.4 Å². The van der Waals surface area contributed by atoms with E-state index < -0.39 is 5.97 Å². The van der Waals surface area contributed by atoms with Crippen molar-refractivity contribution < 1.29 is 19.0 Å². The summed E-state index contributed by atoms with van der Waals surface area (Å²) in [6, 6.07) is 14.5. The van der Waals surface area contributed by atoms with Gasteiger partial charge in [-0.2, -0.15) is 5.26 Å². The van der Waals surface area contributed by atoms with Gasteiger partial charge in [0.25, 0.3) is 0 Å². The van der Waals surface area contributed by atoms with Crippen LogP contribution in [0.15, 0.2) is 48.5 Å². The van der Waals surface area contributed by atoms with Gasteiger partial charge in [-0.15, -0.1) is 0 Å². The maximum absolute atomic E-state index is 11.9. The van der Waals surface area contributed by atoms with Crippen molar-refractivity contribution in [3.8, 4) is 17.6 Å². The van der Waals surface area contributed by atoms with Crippen molar-refractivity contribution in [2.45, 2.75) is 13.5 Å². The Balaban J connectivity index is 1.93. The summed E-state index contributed by atoms with van der Waals surface area (Å²) in [5.74, 6) is 0.482. The molecule has 0 aliphatic rings. The maximum Gasteiger partial charge on any atom is 0.344 e. The fourth-order valence-electron chi connectivity index (χ4n) is 2.19. The first-order chi connectivity index (χ1) is 12.2. The smallest absolute Gasteiger partial charge is 0.344 e. The lowest BCUT2D eigenvalue weighted by Gasteiger charge is -2.11. The molecule has 5 nitrogen and oxygen atoms in total. The third-order valence-corrected chi connectivity index (χ3v) is 3.42. The van der Waals surface area contributed by atoms with E-state index in [0.29, 0.717) is 22.6 Å². The summed E-state index contributed by atoms with van der Waals surface area (Å²) < 4.78 is 15.9. The molecular weight excluding hydrogens is 318 g/mol. The minimum absolute atomic E-state index is 0.0310. The lowest BCUT2D eigenvalue weighted by atomic mass is 10.1. The van der Waals surface area contributed by atoms with Crippen LogP contribution in [0, 0.1) is 11.3 Å². The van der Waals surface area contributed by atoms with E-state index in [1.165, 1.54) is 0 Å². The van der Waals surface area contributed by atoms with Gasteiger partial charge in [0.05, 0.1) is 18.7 Å². The number of hydrogen-bond donors (Lipinski definition) is 0. The summed E-state index contributed by atoms with van der Waals surface area (Å²) in [4.78, 5) is 11.9. The minimum Gasteiger partial charge on any atom is -0.493 e. The van der Waals surface area contributed by atoms with Gasteiger partial charge in [0, 0.05) is 5.56 Å².